The van der Waals surface area contributed by atoms with E-state index in [4.69, 9.17) is 25.8 Å². The molecule has 0 saturated heterocycles. The van der Waals surface area contributed by atoms with Crippen LogP contribution in [0.3, 0.4) is 0 Å². The third kappa shape index (κ3) is 5.74. The molecule has 0 aliphatic carbocycles. The summed E-state index contributed by atoms with van der Waals surface area (Å²) in [6.45, 7) is 1.86. The fraction of sp³-hybridized carbons (Fsp3) is 0.381. The second-order valence-corrected chi connectivity index (χ2v) is 7.20. The molecule has 0 aliphatic heterocycles. The lowest BCUT2D eigenvalue weighted by Gasteiger charge is -2.26. The quantitative estimate of drug-likeness (QED) is 0.610. The van der Waals surface area contributed by atoms with Gasteiger partial charge < -0.3 is 19.5 Å². The van der Waals surface area contributed by atoms with Crippen molar-refractivity contribution in [3.63, 3.8) is 0 Å². The molecule has 0 aromatic heterocycles. The average molecular weight is 461 g/mol. The van der Waals surface area contributed by atoms with Crippen molar-refractivity contribution in [2.45, 2.75) is 25.7 Å². The number of rotatable bonds is 8. The zero-order chi connectivity index (χ0) is 23.3. The molecule has 0 spiro atoms. The number of amides is 1. The van der Waals surface area contributed by atoms with E-state index in [9.17, 15) is 18.0 Å². The second kappa shape index (κ2) is 10.1. The van der Waals surface area contributed by atoms with Gasteiger partial charge in [0.1, 0.15) is 0 Å². The summed E-state index contributed by atoms with van der Waals surface area (Å²) in [5.74, 6) is 0.732. The van der Waals surface area contributed by atoms with Crippen molar-refractivity contribution in [3.05, 3.63) is 46.5 Å². The van der Waals surface area contributed by atoms with Crippen LogP contribution < -0.4 is 19.5 Å². The number of carbonyl (C=O) groups is 1. The molecule has 1 N–H and O–H groups in total. The highest BCUT2D eigenvalue weighted by molar-refractivity contribution is 6.30. The van der Waals surface area contributed by atoms with Crippen LogP contribution in [0.4, 0.5) is 18.9 Å². The number of anilines is 1. The molecule has 1 amide bonds. The number of alkyl halides is 3. The van der Waals surface area contributed by atoms with Crippen LogP contribution >= 0.6 is 11.6 Å². The summed E-state index contributed by atoms with van der Waals surface area (Å²) < 4.78 is 55.9. The Bertz CT molecular complexity index is 938. The van der Waals surface area contributed by atoms with Crippen molar-refractivity contribution < 1.29 is 32.2 Å². The highest BCUT2D eigenvalue weighted by Gasteiger charge is 2.34. The predicted octanol–water partition coefficient (Wildman–Crippen LogP) is 4.84. The molecule has 0 heterocycles. The molecule has 10 heteroatoms. The van der Waals surface area contributed by atoms with E-state index in [0.29, 0.717) is 22.8 Å². The third-order valence-electron chi connectivity index (χ3n) is 4.79. The molecule has 0 radical (unpaired) electrons. The minimum absolute atomic E-state index is 0.0731. The molecule has 0 saturated carbocycles. The van der Waals surface area contributed by atoms with Gasteiger partial charge in [-0.25, -0.2) is 0 Å². The maximum absolute atomic E-state index is 13.3. The Morgan fingerprint density at radius 3 is 2.29 bits per heavy atom. The van der Waals surface area contributed by atoms with Crippen molar-refractivity contribution in [1.29, 1.82) is 0 Å². The number of ether oxygens (including phenoxy) is 3. The number of benzene rings is 2. The van der Waals surface area contributed by atoms with Crippen LogP contribution in [-0.4, -0.2) is 45.2 Å². The Hall–Kier alpha value is -2.65. The zero-order valence-corrected chi connectivity index (χ0v) is 18.5. The maximum atomic E-state index is 13.3. The third-order valence-corrected chi connectivity index (χ3v) is 5.03. The van der Waals surface area contributed by atoms with Crippen molar-refractivity contribution in [1.82, 2.24) is 4.90 Å². The average Bonchev–Trinajstić information content (AvgIpc) is 2.72. The van der Waals surface area contributed by atoms with Crippen molar-refractivity contribution >= 4 is 23.2 Å². The summed E-state index contributed by atoms with van der Waals surface area (Å²) in [5, 5.41) is 2.27. The normalized spacial score (nSPS) is 12.5. The number of nitrogens with zero attached hydrogens (tertiary/aromatic N) is 1. The van der Waals surface area contributed by atoms with Gasteiger partial charge in [0.15, 0.2) is 11.5 Å². The molecule has 0 unspecified atom stereocenters. The van der Waals surface area contributed by atoms with Crippen LogP contribution in [0.1, 0.15) is 18.1 Å². The van der Waals surface area contributed by atoms with E-state index >= 15 is 0 Å². The predicted molar refractivity (Wildman–Crippen MR) is 112 cm³/mol. The van der Waals surface area contributed by atoms with Gasteiger partial charge in [-0.15, -0.1) is 0 Å². The summed E-state index contributed by atoms with van der Waals surface area (Å²) in [6.07, 6.45) is -4.66. The molecule has 0 bridgehead atoms. The fourth-order valence-corrected chi connectivity index (χ4v) is 3.16. The largest absolute Gasteiger partial charge is 0.493 e. The summed E-state index contributed by atoms with van der Waals surface area (Å²) >= 11 is 5.69. The highest BCUT2D eigenvalue weighted by atomic mass is 35.5. The molecule has 31 heavy (non-hydrogen) atoms. The molecule has 2 aromatic rings. The first-order valence-electron chi connectivity index (χ1n) is 9.19. The van der Waals surface area contributed by atoms with Gasteiger partial charge in [0.05, 0.1) is 38.6 Å². The van der Waals surface area contributed by atoms with E-state index in [1.807, 2.05) is 0 Å². The van der Waals surface area contributed by atoms with Gasteiger partial charge in [-0.1, -0.05) is 17.7 Å². The fourth-order valence-electron chi connectivity index (χ4n) is 2.99. The van der Waals surface area contributed by atoms with Gasteiger partial charge in [-0.3, -0.25) is 9.69 Å². The molecular weight excluding hydrogens is 437 g/mol. The molecule has 0 aliphatic rings. The topological polar surface area (TPSA) is 60.0 Å². The molecule has 0 fully saturated rings. The molecule has 170 valence electrons. The molecule has 1 atom stereocenters. The monoisotopic (exact) mass is 460 g/mol. The Kier molecular flexibility index (Phi) is 8.02. The first kappa shape index (κ1) is 24.6. The number of hydrogen-bond acceptors (Lipinski definition) is 5. The van der Waals surface area contributed by atoms with E-state index in [1.165, 1.54) is 27.4 Å². The smallest absolute Gasteiger partial charge is 0.418 e. The minimum atomic E-state index is -4.66. The van der Waals surface area contributed by atoms with Gasteiger partial charge in [0, 0.05) is 17.1 Å². The Morgan fingerprint density at radius 1 is 1.10 bits per heavy atom. The van der Waals surface area contributed by atoms with Crippen molar-refractivity contribution in [3.8, 4) is 17.2 Å². The van der Waals surface area contributed by atoms with Crippen molar-refractivity contribution in [2.24, 2.45) is 0 Å². The second-order valence-electron chi connectivity index (χ2n) is 6.76. The number of nitrogens with one attached hydrogen (secondary N) is 1. The lowest BCUT2D eigenvalue weighted by molar-refractivity contribution is -0.137. The van der Waals surface area contributed by atoms with E-state index in [-0.39, 0.29) is 17.3 Å². The van der Waals surface area contributed by atoms with Crippen molar-refractivity contribution in [2.75, 3.05) is 33.7 Å². The first-order chi connectivity index (χ1) is 14.5. The van der Waals surface area contributed by atoms with E-state index in [1.54, 1.807) is 31.0 Å². The Morgan fingerprint density at radius 2 is 1.74 bits per heavy atom. The minimum Gasteiger partial charge on any atom is -0.493 e. The van der Waals surface area contributed by atoms with Crippen LogP contribution in [0, 0.1) is 0 Å². The molecule has 2 aromatic carbocycles. The van der Waals surface area contributed by atoms with Crippen LogP contribution in [0.25, 0.3) is 0 Å². The van der Waals surface area contributed by atoms with Gasteiger partial charge >= 0.3 is 6.18 Å². The summed E-state index contributed by atoms with van der Waals surface area (Å²) in [4.78, 5) is 14.3. The van der Waals surface area contributed by atoms with Crippen LogP contribution in [-0.2, 0) is 17.5 Å². The van der Waals surface area contributed by atoms with Gasteiger partial charge in [-0.2, -0.15) is 13.2 Å². The van der Waals surface area contributed by atoms with Crippen LogP contribution in [0.15, 0.2) is 30.3 Å². The summed E-state index contributed by atoms with van der Waals surface area (Å²) in [6, 6.07) is 5.91. The number of likely N-dealkylation sites (N-methyl/N-ethyl adjacent to an activating group) is 1. The lowest BCUT2D eigenvalue weighted by atomic mass is 10.1. The zero-order valence-electron chi connectivity index (χ0n) is 17.8. The van der Waals surface area contributed by atoms with Gasteiger partial charge in [-0.05, 0) is 38.2 Å². The van der Waals surface area contributed by atoms with E-state index in [0.717, 1.165) is 12.1 Å². The number of methoxy groups -OCH3 is 3. The SMILES string of the molecule is COc1ccc(CN(C)[C@H](C)C(=O)Nc2ccc(Cl)cc2C(F)(F)F)c(OC)c1OC. The maximum Gasteiger partial charge on any atom is 0.418 e. The van der Waals surface area contributed by atoms with Crippen LogP contribution in [0.2, 0.25) is 5.02 Å². The number of halogens is 4. The molecule has 2 rings (SSSR count). The molecular formula is C21H24ClF3N2O4. The lowest BCUT2D eigenvalue weighted by Crippen LogP contribution is -2.39. The van der Waals surface area contributed by atoms with Gasteiger partial charge in [0.2, 0.25) is 11.7 Å². The number of hydrogen-bond donors (Lipinski definition) is 1. The first-order valence-corrected chi connectivity index (χ1v) is 9.57. The van der Waals surface area contributed by atoms with Crippen LogP contribution in [0.5, 0.6) is 17.2 Å². The molecule has 6 nitrogen and oxygen atoms in total. The van der Waals surface area contributed by atoms with E-state index < -0.39 is 23.7 Å². The Balaban J connectivity index is 2.22. The Labute approximate surface area is 183 Å². The number of carbonyl (C=O) groups excluding carboxylic acids is 1. The van der Waals surface area contributed by atoms with E-state index in [2.05, 4.69) is 5.32 Å². The highest BCUT2D eigenvalue weighted by Crippen LogP contribution is 2.40. The summed E-state index contributed by atoms with van der Waals surface area (Å²) in [7, 11) is 6.14. The van der Waals surface area contributed by atoms with Gasteiger partial charge in [0.25, 0.3) is 0 Å². The summed E-state index contributed by atoms with van der Waals surface area (Å²) in [5.41, 5.74) is -0.652. The standard InChI is InChI=1S/C21H24ClF3N2O4/c1-12(20(28)26-16-8-7-14(22)10-15(16)21(23,24)25)27(2)11-13-6-9-17(29-3)19(31-5)18(13)30-4/h6-10,12H,11H2,1-5H3,(H,26,28)/t12-/m1/s1.